The number of benzene rings is 1. The maximum atomic E-state index is 12.4. The molecule has 0 aliphatic heterocycles. The number of anilines is 1. The fourth-order valence-electron chi connectivity index (χ4n) is 2.48. The molecule has 0 saturated heterocycles. The molecule has 1 aliphatic carbocycles. The van der Waals surface area contributed by atoms with E-state index in [1.165, 1.54) is 23.3 Å². The standard InChI is InChI=1S/C15H15NOS/c16-13-11-8-4-5-9-12(11)18-15(13)14(17)10-6-2-1-3-7-10/h1-3,6-7H,4-5,8-9,16H2. The van der Waals surface area contributed by atoms with E-state index < -0.39 is 0 Å². The van der Waals surface area contributed by atoms with Crippen LogP contribution in [-0.2, 0) is 12.8 Å². The smallest absolute Gasteiger partial charge is 0.205 e. The first-order chi connectivity index (χ1) is 8.77. The second-order valence-corrected chi connectivity index (χ2v) is 5.75. The Morgan fingerprint density at radius 3 is 2.56 bits per heavy atom. The quantitative estimate of drug-likeness (QED) is 0.837. The van der Waals surface area contributed by atoms with Crippen molar-refractivity contribution < 1.29 is 4.79 Å². The van der Waals surface area contributed by atoms with Crippen molar-refractivity contribution in [3.63, 3.8) is 0 Å². The predicted molar refractivity (Wildman–Crippen MR) is 75.2 cm³/mol. The molecule has 0 atom stereocenters. The average molecular weight is 257 g/mol. The van der Waals surface area contributed by atoms with Crippen molar-refractivity contribution in [2.75, 3.05) is 5.73 Å². The van der Waals surface area contributed by atoms with Crippen LogP contribution >= 0.6 is 11.3 Å². The van der Waals surface area contributed by atoms with Gasteiger partial charge in [-0.25, -0.2) is 0 Å². The Morgan fingerprint density at radius 2 is 1.83 bits per heavy atom. The largest absolute Gasteiger partial charge is 0.397 e. The number of rotatable bonds is 2. The van der Waals surface area contributed by atoms with Gasteiger partial charge in [-0.05, 0) is 31.2 Å². The third kappa shape index (κ3) is 1.85. The van der Waals surface area contributed by atoms with Gasteiger partial charge >= 0.3 is 0 Å². The zero-order valence-corrected chi connectivity index (χ0v) is 10.9. The zero-order valence-electron chi connectivity index (χ0n) is 10.1. The second kappa shape index (κ2) is 4.58. The van der Waals surface area contributed by atoms with Gasteiger partial charge in [0.15, 0.2) is 0 Å². The third-order valence-electron chi connectivity index (χ3n) is 3.45. The number of nitrogens with two attached hydrogens (primary N) is 1. The van der Waals surface area contributed by atoms with E-state index in [1.54, 1.807) is 11.3 Å². The Hall–Kier alpha value is -1.61. The lowest BCUT2D eigenvalue weighted by atomic mass is 9.97. The molecule has 1 aromatic heterocycles. The molecule has 18 heavy (non-hydrogen) atoms. The molecule has 1 heterocycles. The molecule has 3 heteroatoms. The van der Waals surface area contributed by atoms with Crippen LogP contribution in [0.2, 0.25) is 0 Å². The van der Waals surface area contributed by atoms with Crippen molar-refractivity contribution in [2.45, 2.75) is 25.7 Å². The summed E-state index contributed by atoms with van der Waals surface area (Å²) in [6.07, 6.45) is 4.50. The van der Waals surface area contributed by atoms with E-state index in [0.717, 1.165) is 29.0 Å². The van der Waals surface area contributed by atoms with Gasteiger partial charge in [0.2, 0.25) is 5.78 Å². The number of carbonyl (C=O) groups excluding carboxylic acids is 1. The highest BCUT2D eigenvalue weighted by atomic mass is 32.1. The maximum Gasteiger partial charge on any atom is 0.205 e. The summed E-state index contributed by atoms with van der Waals surface area (Å²) in [7, 11) is 0. The lowest BCUT2D eigenvalue weighted by Crippen LogP contribution is -2.04. The van der Waals surface area contributed by atoms with E-state index in [0.29, 0.717) is 0 Å². The van der Waals surface area contributed by atoms with E-state index in [-0.39, 0.29) is 5.78 Å². The van der Waals surface area contributed by atoms with Crippen molar-refractivity contribution >= 4 is 22.8 Å². The van der Waals surface area contributed by atoms with Gasteiger partial charge in [0.05, 0.1) is 10.6 Å². The highest BCUT2D eigenvalue weighted by molar-refractivity contribution is 7.15. The monoisotopic (exact) mass is 257 g/mol. The Balaban J connectivity index is 2.03. The molecule has 2 N–H and O–H groups in total. The van der Waals surface area contributed by atoms with Gasteiger partial charge in [-0.15, -0.1) is 11.3 Å². The van der Waals surface area contributed by atoms with Crippen LogP contribution < -0.4 is 5.73 Å². The normalized spacial score (nSPS) is 14.2. The summed E-state index contributed by atoms with van der Waals surface area (Å²) in [6.45, 7) is 0. The molecule has 0 bridgehead atoms. The number of thiophene rings is 1. The van der Waals surface area contributed by atoms with E-state index in [1.807, 2.05) is 30.3 Å². The minimum absolute atomic E-state index is 0.0625. The maximum absolute atomic E-state index is 12.4. The average Bonchev–Trinajstić information content (AvgIpc) is 2.77. The van der Waals surface area contributed by atoms with E-state index in [9.17, 15) is 4.79 Å². The van der Waals surface area contributed by atoms with Crippen molar-refractivity contribution in [3.8, 4) is 0 Å². The van der Waals surface area contributed by atoms with Crippen LogP contribution in [0.1, 0.15) is 38.5 Å². The van der Waals surface area contributed by atoms with E-state index in [2.05, 4.69) is 0 Å². The van der Waals surface area contributed by atoms with Crippen molar-refractivity contribution in [2.24, 2.45) is 0 Å². The zero-order chi connectivity index (χ0) is 12.5. The van der Waals surface area contributed by atoms with Crippen LogP contribution in [-0.4, -0.2) is 5.78 Å². The number of ketones is 1. The van der Waals surface area contributed by atoms with Crippen LogP contribution in [0, 0.1) is 0 Å². The SMILES string of the molecule is Nc1c(C(=O)c2ccccc2)sc2c1CCCC2. The van der Waals surface area contributed by atoms with Crippen LogP contribution in [0.15, 0.2) is 30.3 Å². The number of fused-ring (bicyclic) bond motifs is 1. The molecule has 2 nitrogen and oxygen atoms in total. The fraction of sp³-hybridized carbons (Fsp3) is 0.267. The van der Waals surface area contributed by atoms with Crippen LogP contribution in [0.25, 0.3) is 0 Å². The molecule has 0 saturated carbocycles. The summed E-state index contributed by atoms with van der Waals surface area (Å²) in [5.41, 5.74) is 8.83. The lowest BCUT2D eigenvalue weighted by Gasteiger charge is -2.10. The van der Waals surface area contributed by atoms with Crippen LogP contribution in [0.4, 0.5) is 5.69 Å². The highest BCUT2D eigenvalue weighted by Gasteiger charge is 2.23. The molecular weight excluding hydrogens is 242 g/mol. The lowest BCUT2D eigenvalue weighted by molar-refractivity contribution is 0.104. The molecule has 92 valence electrons. The second-order valence-electron chi connectivity index (χ2n) is 4.65. The number of hydrogen-bond donors (Lipinski definition) is 1. The van der Waals surface area contributed by atoms with Crippen molar-refractivity contribution in [1.82, 2.24) is 0 Å². The third-order valence-corrected chi connectivity index (χ3v) is 4.76. The minimum Gasteiger partial charge on any atom is -0.397 e. The summed E-state index contributed by atoms with van der Waals surface area (Å²) in [4.78, 5) is 14.5. The van der Waals surface area contributed by atoms with Gasteiger partial charge < -0.3 is 5.73 Å². The summed E-state index contributed by atoms with van der Waals surface area (Å²) in [5, 5.41) is 0. The molecule has 0 fully saturated rings. The summed E-state index contributed by atoms with van der Waals surface area (Å²) in [6, 6.07) is 9.38. The van der Waals surface area contributed by atoms with Gasteiger partial charge in [0, 0.05) is 10.4 Å². The Kier molecular flexibility index (Phi) is 2.92. The molecule has 1 aromatic carbocycles. The molecule has 0 amide bonds. The summed E-state index contributed by atoms with van der Waals surface area (Å²) < 4.78 is 0. The first-order valence-electron chi connectivity index (χ1n) is 6.27. The first kappa shape index (κ1) is 11.5. The molecule has 1 aliphatic rings. The predicted octanol–water partition coefficient (Wildman–Crippen LogP) is 3.44. The minimum atomic E-state index is 0.0625. The first-order valence-corrected chi connectivity index (χ1v) is 7.09. The number of hydrogen-bond acceptors (Lipinski definition) is 3. The van der Waals surface area contributed by atoms with Crippen molar-refractivity contribution in [1.29, 1.82) is 0 Å². The van der Waals surface area contributed by atoms with Gasteiger partial charge in [-0.2, -0.15) is 0 Å². The molecular formula is C15H15NOS. The fourth-order valence-corrected chi connectivity index (χ4v) is 3.75. The Labute approximate surface area is 110 Å². The van der Waals surface area contributed by atoms with Gasteiger partial charge in [0.1, 0.15) is 0 Å². The van der Waals surface area contributed by atoms with Gasteiger partial charge in [-0.1, -0.05) is 30.3 Å². The molecule has 0 radical (unpaired) electrons. The molecule has 3 rings (SSSR count). The topological polar surface area (TPSA) is 43.1 Å². The summed E-state index contributed by atoms with van der Waals surface area (Å²) in [5.74, 6) is 0.0625. The summed E-state index contributed by atoms with van der Waals surface area (Å²) >= 11 is 1.59. The number of nitrogen functional groups attached to an aromatic ring is 1. The van der Waals surface area contributed by atoms with E-state index >= 15 is 0 Å². The Bertz CT molecular complexity index is 586. The molecule has 0 spiro atoms. The molecule has 0 unspecified atom stereocenters. The van der Waals surface area contributed by atoms with Crippen molar-refractivity contribution in [3.05, 3.63) is 51.2 Å². The van der Waals surface area contributed by atoms with Crippen LogP contribution in [0.3, 0.4) is 0 Å². The van der Waals surface area contributed by atoms with Crippen LogP contribution in [0.5, 0.6) is 0 Å². The number of aryl methyl sites for hydroxylation is 1. The Morgan fingerprint density at radius 1 is 1.11 bits per heavy atom. The highest BCUT2D eigenvalue weighted by Crippen LogP contribution is 2.37. The number of carbonyl (C=O) groups is 1. The molecule has 2 aromatic rings. The van der Waals surface area contributed by atoms with Gasteiger partial charge in [0.25, 0.3) is 0 Å². The van der Waals surface area contributed by atoms with Gasteiger partial charge in [-0.3, -0.25) is 4.79 Å². The van der Waals surface area contributed by atoms with E-state index in [4.69, 9.17) is 5.73 Å².